The second kappa shape index (κ2) is 5.38. The van der Waals surface area contributed by atoms with Crippen LogP contribution >= 0.6 is 0 Å². The molecular weight excluding hydrogens is 262 g/mol. The van der Waals surface area contributed by atoms with Crippen LogP contribution in [0.5, 0.6) is 0 Å². The molecule has 1 heterocycles. The standard InChI is InChI=1S/C13H15N3O2S/c1-10-5-4-6-11(16-10)9-15-12-7-2-3-8-13(12)19(14,17)18/h2-8,15H,9H2,1H3,(H2,14,17,18). The normalized spacial score (nSPS) is 11.3. The van der Waals surface area contributed by atoms with E-state index in [-0.39, 0.29) is 4.90 Å². The summed E-state index contributed by atoms with van der Waals surface area (Å²) >= 11 is 0. The first-order chi connectivity index (χ1) is 8.97. The summed E-state index contributed by atoms with van der Waals surface area (Å²) in [5, 5.41) is 8.21. The SMILES string of the molecule is Cc1cccc(CNc2ccccc2S(N)(=O)=O)n1. The van der Waals surface area contributed by atoms with Crippen molar-refractivity contribution in [2.75, 3.05) is 5.32 Å². The van der Waals surface area contributed by atoms with E-state index in [9.17, 15) is 8.42 Å². The quantitative estimate of drug-likeness (QED) is 0.889. The Hall–Kier alpha value is -1.92. The molecule has 19 heavy (non-hydrogen) atoms. The highest BCUT2D eigenvalue weighted by atomic mass is 32.2. The number of pyridine rings is 1. The minimum Gasteiger partial charge on any atom is -0.378 e. The fourth-order valence-corrected chi connectivity index (χ4v) is 2.46. The van der Waals surface area contributed by atoms with Gasteiger partial charge in [0.25, 0.3) is 0 Å². The number of benzene rings is 1. The summed E-state index contributed by atoms with van der Waals surface area (Å²) in [6.07, 6.45) is 0. The first-order valence-electron chi connectivity index (χ1n) is 5.75. The molecule has 0 atom stereocenters. The van der Waals surface area contributed by atoms with Crippen LogP contribution < -0.4 is 10.5 Å². The second-order valence-corrected chi connectivity index (χ2v) is 5.69. The van der Waals surface area contributed by atoms with Gasteiger partial charge in [-0.3, -0.25) is 4.98 Å². The van der Waals surface area contributed by atoms with Gasteiger partial charge in [-0.15, -0.1) is 0 Å². The lowest BCUT2D eigenvalue weighted by atomic mass is 10.3. The summed E-state index contributed by atoms with van der Waals surface area (Å²) in [5.74, 6) is 0. The lowest BCUT2D eigenvalue weighted by Crippen LogP contribution is -2.15. The molecular formula is C13H15N3O2S. The number of nitrogens with zero attached hydrogens (tertiary/aromatic N) is 1. The number of hydrogen-bond donors (Lipinski definition) is 2. The number of hydrogen-bond acceptors (Lipinski definition) is 4. The third-order valence-corrected chi connectivity index (χ3v) is 3.57. The van der Waals surface area contributed by atoms with Gasteiger partial charge in [0, 0.05) is 5.69 Å². The van der Waals surface area contributed by atoms with E-state index in [1.54, 1.807) is 18.2 Å². The first-order valence-corrected chi connectivity index (χ1v) is 7.30. The molecule has 5 nitrogen and oxygen atoms in total. The highest BCUT2D eigenvalue weighted by Crippen LogP contribution is 2.19. The Morgan fingerprint density at radius 1 is 1.16 bits per heavy atom. The first kappa shape index (κ1) is 13.5. The Balaban J connectivity index is 2.21. The predicted molar refractivity (Wildman–Crippen MR) is 74.1 cm³/mol. The zero-order chi connectivity index (χ0) is 13.9. The van der Waals surface area contributed by atoms with E-state index < -0.39 is 10.0 Å². The van der Waals surface area contributed by atoms with Crippen molar-refractivity contribution in [3.05, 3.63) is 53.9 Å². The Labute approximate surface area is 112 Å². The van der Waals surface area contributed by atoms with Crippen molar-refractivity contribution in [2.24, 2.45) is 5.14 Å². The van der Waals surface area contributed by atoms with E-state index in [1.807, 2.05) is 25.1 Å². The van der Waals surface area contributed by atoms with Crippen LogP contribution in [0.3, 0.4) is 0 Å². The number of aromatic nitrogens is 1. The number of sulfonamides is 1. The van der Waals surface area contributed by atoms with E-state index in [4.69, 9.17) is 5.14 Å². The monoisotopic (exact) mass is 277 g/mol. The molecule has 1 aromatic carbocycles. The van der Waals surface area contributed by atoms with Crippen LogP contribution in [0.15, 0.2) is 47.4 Å². The number of nitrogens with one attached hydrogen (secondary N) is 1. The van der Waals surface area contributed by atoms with Gasteiger partial charge in [-0.25, -0.2) is 13.6 Å². The third-order valence-electron chi connectivity index (χ3n) is 2.60. The van der Waals surface area contributed by atoms with Gasteiger partial charge in [0.1, 0.15) is 4.90 Å². The van der Waals surface area contributed by atoms with Gasteiger partial charge in [0.2, 0.25) is 10.0 Å². The number of aryl methyl sites for hydroxylation is 1. The Bertz CT molecular complexity index is 684. The maximum absolute atomic E-state index is 11.4. The Morgan fingerprint density at radius 3 is 2.58 bits per heavy atom. The average Bonchev–Trinajstić information content (AvgIpc) is 2.36. The highest BCUT2D eigenvalue weighted by molar-refractivity contribution is 7.89. The molecule has 0 radical (unpaired) electrons. The summed E-state index contributed by atoms with van der Waals surface area (Å²) < 4.78 is 22.9. The van der Waals surface area contributed by atoms with Crippen molar-refractivity contribution in [1.82, 2.24) is 4.98 Å². The van der Waals surface area contributed by atoms with Crippen LogP contribution in [0.25, 0.3) is 0 Å². The Kier molecular flexibility index (Phi) is 3.82. The zero-order valence-electron chi connectivity index (χ0n) is 10.5. The van der Waals surface area contributed by atoms with Crippen molar-refractivity contribution in [2.45, 2.75) is 18.4 Å². The van der Waals surface area contributed by atoms with Gasteiger partial charge >= 0.3 is 0 Å². The molecule has 0 saturated carbocycles. The third kappa shape index (κ3) is 3.52. The molecule has 0 bridgehead atoms. The van der Waals surface area contributed by atoms with Crippen molar-refractivity contribution >= 4 is 15.7 Å². The van der Waals surface area contributed by atoms with E-state index >= 15 is 0 Å². The fraction of sp³-hybridized carbons (Fsp3) is 0.154. The maximum atomic E-state index is 11.4. The van der Waals surface area contributed by atoms with Crippen LogP contribution in [0, 0.1) is 6.92 Å². The number of nitrogens with two attached hydrogens (primary N) is 1. The van der Waals surface area contributed by atoms with Crippen molar-refractivity contribution < 1.29 is 8.42 Å². The molecule has 0 fully saturated rings. The predicted octanol–water partition coefficient (Wildman–Crippen LogP) is 1.65. The van der Waals surface area contributed by atoms with Gasteiger partial charge in [-0.2, -0.15) is 0 Å². The molecule has 1 aromatic heterocycles. The fourth-order valence-electron chi connectivity index (χ4n) is 1.74. The summed E-state index contributed by atoms with van der Waals surface area (Å²) in [4.78, 5) is 4.42. The minimum atomic E-state index is -3.73. The molecule has 0 aliphatic heterocycles. The van der Waals surface area contributed by atoms with Gasteiger partial charge in [-0.1, -0.05) is 18.2 Å². The molecule has 100 valence electrons. The lowest BCUT2D eigenvalue weighted by Gasteiger charge is -2.10. The molecule has 0 aliphatic carbocycles. The zero-order valence-corrected chi connectivity index (χ0v) is 11.3. The number of rotatable bonds is 4. The largest absolute Gasteiger partial charge is 0.378 e. The number of primary sulfonamides is 1. The molecule has 2 aromatic rings. The molecule has 0 saturated heterocycles. The lowest BCUT2D eigenvalue weighted by molar-refractivity contribution is 0.598. The molecule has 0 spiro atoms. The van der Waals surface area contributed by atoms with Crippen LogP contribution in [0.2, 0.25) is 0 Å². The van der Waals surface area contributed by atoms with Crippen LogP contribution in [-0.2, 0) is 16.6 Å². The average molecular weight is 277 g/mol. The topological polar surface area (TPSA) is 85.1 Å². The van der Waals surface area contributed by atoms with Gasteiger partial charge in [0.15, 0.2) is 0 Å². The molecule has 6 heteroatoms. The van der Waals surface area contributed by atoms with E-state index in [2.05, 4.69) is 10.3 Å². The smallest absolute Gasteiger partial charge is 0.240 e. The van der Waals surface area contributed by atoms with Gasteiger partial charge < -0.3 is 5.32 Å². The maximum Gasteiger partial charge on any atom is 0.240 e. The minimum absolute atomic E-state index is 0.0858. The van der Waals surface area contributed by atoms with E-state index in [0.29, 0.717) is 12.2 Å². The van der Waals surface area contributed by atoms with Gasteiger partial charge in [-0.05, 0) is 31.2 Å². The van der Waals surface area contributed by atoms with Gasteiger partial charge in [0.05, 0.1) is 17.9 Å². The molecule has 0 unspecified atom stereocenters. The van der Waals surface area contributed by atoms with Crippen molar-refractivity contribution in [3.63, 3.8) is 0 Å². The summed E-state index contributed by atoms with van der Waals surface area (Å²) in [6.45, 7) is 2.34. The van der Waals surface area contributed by atoms with E-state index in [0.717, 1.165) is 11.4 Å². The van der Waals surface area contributed by atoms with Crippen LogP contribution in [0.4, 0.5) is 5.69 Å². The second-order valence-electron chi connectivity index (χ2n) is 4.17. The summed E-state index contributed by atoms with van der Waals surface area (Å²) in [7, 11) is -3.73. The summed E-state index contributed by atoms with van der Waals surface area (Å²) in [5.41, 5.74) is 2.23. The number of para-hydroxylation sites is 1. The molecule has 3 N–H and O–H groups in total. The van der Waals surface area contributed by atoms with Crippen molar-refractivity contribution in [1.29, 1.82) is 0 Å². The van der Waals surface area contributed by atoms with E-state index in [1.165, 1.54) is 6.07 Å². The van der Waals surface area contributed by atoms with Crippen LogP contribution in [0.1, 0.15) is 11.4 Å². The summed E-state index contributed by atoms with van der Waals surface area (Å²) in [6, 6.07) is 12.2. The highest BCUT2D eigenvalue weighted by Gasteiger charge is 2.12. The Morgan fingerprint density at radius 2 is 1.89 bits per heavy atom. The van der Waals surface area contributed by atoms with Crippen LogP contribution in [-0.4, -0.2) is 13.4 Å². The molecule has 2 rings (SSSR count). The molecule has 0 amide bonds. The van der Waals surface area contributed by atoms with Crippen molar-refractivity contribution in [3.8, 4) is 0 Å². The molecule has 0 aliphatic rings. The number of anilines is 1.